The van der Waals surface area contributed by atoms with Crippen molar-refractivity contribution in [2.24, 2.45) is 11.8 Å². The lowest BCUT2D eigenvalue weighted by Crippen LogP contribution is -2.39. The molecule has 2 heterocycles. The van der Waals surface area contributed by atoms with Gasteiger partial charge in [-0.3, -0.25) is 0 Å². The zero-order valence-electron chi connectivity index (χ0n) is 12.6. The van der Waals surface area contributed by atoms with E-state index in [1.54, 1.807) is 0 Å². The predicted octanol–water partition coefficient (Wildman–Crippen LogP) is 2.46. The van der Waals surface area contributed by atoms with E-state index in [1.807, 2.05) is 0 Å². The minimum atomic E-state index is 0.478. The van der Waals surface area contributed by atoms with Gasteiger partial charge in [0.15, 0.2) is 5.82 Å². The van der Waals surface area contributed by atoms with E-state index in [1.165, 1.54) is 6.42 Å². The third-order valence-electron chi connectivity index (χ3n) is 4.06. The summed E-state index contributed by atoms with van der Waals surface area (Å²) in [6.45, 7) is 11.9. The highest BCUT2D eigenvalue weighted by molar-refractivity contribution is 5.38. The van der Waals surface area contributed by atoms with Crippen LogP contribution in [0.25, 0.3) is 0 Å². The minimum absolute atomic E-state index is 0.478. The molecule has 1 aliphatic rings. The average molecular weight is 262 g/mol. The van der Waals surface area contributed by atoms with Crippen molar-refractivity contribution in [3.8, 4) is 0 Å². The molecule has 0 amide bonds. The standard InChI is InChI=1S/C15H26N4/c1-11(2)16-9-14-5-6-15(18-17-14)19-8-7-12(3)13(4)10-19/h5-6,11-13,16H,7-10H2,1-4H3. The van der Waals surface area contributed by atoms with E-state index in [0.717, 1.165) is 43.0 Å². The Bertz CT molecular complexity index is 388. The molecule has 1 aliphatic heterocycles. The summed E-state index contributed by atoms with van der Waals surface area (Å²) < 4.78 is 0. The number of aromatic nitrogens is 2. The molecule has 1 aromatic rings. The Kier molecular flexibility index (Phi) is 4.75. The highest BCUT2D eigenvalue weighted by Crippen LogP contribution is 2.25. The molecule has 0 aliphatic carbocycles. The summed E-state index contributed by atoms with van der Waals surface area (Å²) in [4.78, 5) is 2.36. The fourth-order valence-corrected chi connectivity index (χ4v) is 2.40. The van der Waals surface area contributed by atoms with Crippen LogP contribution >= 0.6 is 0 Å². The van der Waals surface area contributed by atoms with Crippen LogP contribution in [0, 0.1) is 11.8 Å². The van der Waals surface area contributed by atoms with Crippen LogP contribution in [-0.4, -0.2) is 29.3 Å². The van der Waals surface area contributed by atoms with Crippen LogP contribution in [0.5, 0.6) is 0 Å². The molecular formula is C15H26N4. The Morgan fingerprint density at radius 3 is 2.63 bits per heavy atom. The Morgan fingerprint density at radius 1 is 1.26 bits per heavy atom. The van der Waals surface area contributed by atoms with Crippen LogP contribution in [0.4, 0.5) is 5.82 Å². The summed E-state index contributed by atoms with van der Waals surface area (Å²) in [5.74, 6) is 2.57. The molecule has 106 valence electrons. The van der Waals surface area contributed by atoms with Gasteiger partial charge in [-0.05, 0) is 30.4 Å². The van der Waals surface area contributed by atoms with E-state index in [4.69, 9.17) is 0 Å². The van der Waals surface area contributed by atoms with Crippen molar-refractivity contribution in [1.29, 1.82) is 0 Å². The fraction of sp³-hybridized carbons (Fsp3) is 0.733. The van der Waals surface area contributed by atoms with Crippen LogP contribution in [0.15, 0.2) is 12.1 Å². The molecule has 2 unspecified atom stereocenters. The summed E-state index contributed by atoms with van der Waals surface area (Å²) in [5, 5.41) is 12.0. The highest BCUT2D eigenvalue weighted by Gasteiger charge is 2.23. The van der Waals surface area contributed by atoms with Gasteiger partial charge in [-0.1, -0.05) is 27.7 Å². The smallest absolute Gasteiger partial charge is 0.151 e. The molecule has 19 heavy (non-hydrogen) atoms. The lowest BCUT2D eigenvalue weighted by Gasteiger charge is -2.35. The van der Waals surface area contributed by atoms with Gasteiger partial charge in [-0.25, -0.2) is 0 Å². The molecule has 4 heteroatoms. The first-order chi connectivity index (χ1) is 9.06. The molecule has 0 bridgehead atoms. The second-order valence-electron chi connectivity index (χ2n) is 6.11. The van der Waals surface area contributed by atoms with Crippen molar-refractivity contribution in [2.75, 3.05) is 18.0 Å². The summed E-state index contributed by atoms with van der Waals surface area (Å²) in [6.07, 6.45) is 1.25. The van der Waals surface area contributed by atoms with Crippen molar-refractivity contribution >= 4 is 5.82 Å². The van der Waals surface area contributed by atoms with E-state index in [9.17, 15) is 0 Å². The van der Waals surface area contributed by atoms with E-state index in [0.29, 0.717) is 6.04 Å². The molecule has 0 radical (unpaired) electrons. The van der Waals surface area contributed by atoms with Crippen molar-refractivity contribution in [2.45, 2.75) is 46.7 Å². The van der Waals surface area contributed by atoms with Crippen LogP contribution in [-0.2, 0) is 6.54 Å². The SMILES string of the molecule is CC(C)NCc1ccc(N2CCC(C)C(C)C2)nn1. The Morgan fingerprint density at radius 2 is 2.05 bits per heavy atom. The summed E-state index contributed by atoms with van der Waals surface area (Å²) in [6, 6.07) is 4.67. The molecule has 4 nitrogen and oxygen atoms in total. The summed E-state index contributed by atoms with van der Waals surface area (Å²) in [7, 11) is 0. The van der Waals surface area contributed by atoms with Crippen molar-refractivity contribution in [3.63, 3.8) is 0 Å². The first kappa shape index (κ1) is 14.3. The first-order valence-electron chi connectivity index (χ1n) is 7.37. The molecule has 0 aromatic carbocycles. The van der Waals surface area contributed by atoms with Gasteiger partial charge in [0, 0.05) is 25.7 Å². The topological polar surface area (TPSA) is 41.0 Å². The van der Waals surface area contributed by atoms with Crippen molar-refractivity contribution in [3.05, 3.63) is 17.8 Å². The second kappa shape index (κ2) is 6.33. The largest absolute Gasteiger partial charge is 0.355 e. The Labute approximate surface area is 116 Å². The third-order valence-corrected chi connectivity index (χ3v) is 4.06. The molecule has 0 saturated carbocycles. The monoisotopic (exact) mass is 262 g/mol. The summed E-state index contributed by atoms with van der Waals surface area (Å²) >= 11 is 0. The van der Waals surface area contributed by atoms with Gasteiger partial charge in [0.25, 0.3) is 0 Å². The number of nitrogens with one attached hydrogen (secondary N) is 1. The number of rotatable bonds is 4. The number of anilines is 1. The van der Waals surface area contributed by atoms with Crippen LogP contribution in [0.2, 0.25) is 0 Å². The van der Waals surface area contributed by atoms with Crippen LogP contribution < -0.4 is 10.2 Å². The Balaban J connectivity index is 1.94. The average Bonchev–Trinajstić information content (AvgIpc) is 2.40. The van der Waals surface area contributed by atoms with E-state index >= 15 is 0 Å². The highest BCUT2D eigenvalue weighted by atomic mass is 15.3. The Hall–Kier alpha value is -1.16. The molecule has 1 N–H and O–H groups in total. The minimum Gasteiger partial charge on any atom is -0.355 e. The van der Waals surface area contributed by atoms with Gasteiger partial charge in [0.2, 0.25) is 0 Å². The molecular weight excluding hydrogens is 236 g/mol. The van der Waals surface area contributed by atoms with Crippen LogP contribution in [0.3, 0.4) is 0 Å². The lowest BCUT2D eigenvalue weighted by molar-refractivity contribution is 0.322. The molecule has 0 spiro atoms. The maximum Gasteiger partial charge on any atom is 0.151 e. The van der Waals surface area contributed by atoms with Gasteiger partial charge >= 0.3 is 0 Å². The fourth-order valence-electron chi connectivity index (χ4n) is 2.40. The number of hydrogen-bond acceptors (Lipinski definition) is 4. The van der Waals surface area contributed by atoms with E-state index in [-0.39, 0.29) is 0 Å². The maximum atomic E-state index is 4.38. The van der Waals surface area contributed by atoms with Gasteiger partial charge in [-0.15, -0.1) is 5.10 Å². The van der Waals surface area contributed by atoms with Crippen molar-refractivity contribution < 1.29 is 0 Å². The first-order valence-corrected chi connectivity index (χ1v) is 7.37. The molecule has 1 saturated heterocycles. The predicted molar refractivity (Wildman–Crippen MR) is 79.2 cm³/mol. The lowest BCUT2D eigenvalue weighted by atomic mass is 9.89. The quantitative estimate of drug-likeness (QED) is 0.905. The zero-order valence-corrected chi connectivity index (χ0v) is 12.6. The molecule has 2 rings (SSSR count). The third kappa shape index (κ3) is 3.90. The van der Waals surface area contributed by atoms with Gasteiger partial charge in [-0.2, -0.15) is 5.10 Å². The van der Waals surface area contributed by atoms with E-state index < -0.39 is 0 Å². The number of piperidine rings is 1. The summed E-state index contributed by atoms with van der Waals surface area (Å²) in [5.41, 5.74) is 1.01. The second-order valence-corrected chi connectivity index (χ2v) is 6.11. The molecule has 1 aromatic heterocycles. The zero-order chi connectivity index (χ0) is 13.8. The van der Waals surface area contributed by atoms with Gasteiger partial charge in [0.1, 0.15) is 0 Å². The van der Waals surface area contributed by atoms with Crippen molar-refractivity contribution in [1.82, 2.24) is 15.5 Å². The van der Waals surface area contributed by atoms with Gasteiger partial charge in [0.05, 0.1) is 5.69 Å². The number of nitrogens with zero attached hydrogens (tertiary/aromatic N) is 3. The van der Waals surface area contributed by atoms with Gasteiger partial charge < -0.3 is 10.2 Å². The normalized spacial score (nSPS) is 23.9. The van der Waals surface area contributed by atoms with Crippen LogP contribution in [0.1, 0.15) is 39.8 Å². The van der Waals surface area contributed by atoms with E-state index in [2.05, 4.69) is 60.2 Å². The molecule has 1 fully saturated rings. The molecule has 2 atom stereocenters. The maximum absolute atomic E-state index is 4.38. The number of hydrogen-bond donors (Lipinski definition) is 1.